The van der Waals surface area contributed by atoms with E-state index in [2.05, 4.69) is 20.0 Å². The van der Waals surface area contributed by atoms with Crippen molar-refractivity contribution in [1.29, 1.82) is 0 Å². The Morgan fingerprint density at radius 3 is 2.54 bits per heavy atom. The first kappa shape index (κ1) is 20.6. The molecule has 28 heavy (non-hydrogen) atoms. The van der Waals surface area contributed by atoms with Crippen LogP contribution < -0.4 is 15.2 Å². The molecular weight excluding hydrogens is 430 g/mol. The van der Waals surface area contributed by atoms with Crippen LogP contribution in [-0.2, 0) is 10.0 Å². The second kappa shape index (κ2) is 7.35. The molecule has 0 unspecified atom stereocenters. The number of primary sulfonamides is 1. The minimum atomic E-state index is -4.03. The number of halogens is 2. The maximum atomic E-state index is 13.3. The second-order valence-electron chi connectivity index (χ2n) is 5.92. The van der Waals surface area contributed by atoms with Crippen LogP contribution in [0.3, 0.4) is 0 Å². The molecule has 0 aliphatic carbocycles. The minimum Gasteiger partial charge on any atom is -0.431 e. The molecular formula is C16H16F2N4O3S3. The average molecular weight is 447 g/mol. The number of rotatable bonds is 6. The van der Waals surface area contributed by atoms with Gasteiger partial charge in [-0.05, 0) is 32.0 Å². The molecule has 7 nitrogen and oxygen atoms in total. The normalized spacial score (nSPS) is 12.2. The average Bonchev–Trinajstić information content (AvgIpc) is 3.12. The van der Waals surface area contributed by atoms with Gasteiger partial charge in [-0.15, -0.1) is 22.7 Å². The predicted octanol–water partition coefficient (Wildman–Crippen LogP) is 4.27. The highest BCUT2D eigenvalue weighted by Crippen LogP contribution is 2.37. The topological polar surface area (TPSA) is 107 Å². The third-order valence-electron chi connectivity index (χ3n) is 3.45. The highest BCUT2D eigenvalue weighted by Gasteiger charge is 2.26. The van der Waals surface area contributed by atoms with Crippen LogP contribution in [0.25, 0.3) is 10.6 Å². The molecule has 3 N–H and O–H groups in total. The Labute approximate surface area is 168 Å². The van der Waals surface area contributed by atoms with Crippen molar-refractivity contribution in [3.63, 3.8) is 0 Å². The maximum Gasteiger partial charge on any atom is 0.394 e. The van der Waals surface area contributed by atoms with Gasteiger partial charge in [-0.2, -0.15) is 8.78 Å². The van der Waals surface area contributed by atoms with Crippen molar-refractivity contribution in [2.45, 2.75) is 31.8 Å². The quantitative estimate of drug-likeness (QED) is 0.586. The largest absolute Gasteiger partial charge is 0.431 e. The van der Waals surface area contributed by atoms with Gasteiger partial charge in [0, 0.05) is 12.3 Å². The Morgan fingerprint density at radius 1 is 1.25 bits per heavy atom. The first-order valence-corrected chi connectivity index (χ1v) is 11.1. The SMILES string of the molecule is Cc1nc(C)c(-c2csc(Nc3cc(S(N)(=O)=O)ccc3OC(C)(F)F)n2)s1. The van der Waals surface area contributed by atoms with Crippen molar-refractivity contribution in [2.75, 3.05) is 5.32 Å². The molecule has 3 aromatic rings. The molecule has 0 aliphatic rings. The summed E-state index contributed by atoms with van der Waals surface area (Å²) in [5.74, 6) is -0.235. The van der Waals surface area contributed by atoms with Gasteiger partial charge in [0.05, 0.1) is 31.9 Å². The Balaban J connectivity index is 1.97. The molecule has 0 saturated heterocycles. The number of nitrogens with one attached hydrogen (secondary N) is 1. The Kier molecular flexibility index (Phi) is 5.40. The molecule has 0 aliphatic heterocycles. The lowest BCUT2D eigenvalue weighted by molar-refractivity contribution is -0.158. The van der Waals surface area contributed by atoms with Gasteiger partial charge in [0.2, 0.25) is 10.0 Å². The molecule has 0 atom stereocenters. The highest BCUT2D eigenvalue weighted by atomic mass is 32.2. The van der Waals surface area contributed by atoms with E-state index < -0.39 is 16.1 Å². The van der Waals surface area contributed by atoms with Crippen LogP contribution >= 0.6 is 22.7 Å². The summed E-state index contributed by atoms with van der Waals surface area (Å²) >= 11 is 2.72. The van der Waals surface area contributed by atoms with Crippen LogP contribution in [0.5, 0.6) is 5.75 Å². The van der Waals surface area contributed by atoms with Crippen LogP contribution in [0.4, 0.5) is 19.6 Å². The summed E-state index contributed by atoms with van der Waals surface area (Å²) in [5, 5.41) is 11.0. The van der Waals surface area contributed by atoms with Crippen molar-refractivity contribution >= 4 is 43.5 Å². The van der Waals surface area contributed by atoms with Gasteiger partial charge >= 0.3 is 6.11 Å². The lowest BCUT2D eigenvalue weighted by atomic mass is 10.3. The van der Waals surface area contributed by atoms with E-state index in [9.17, 15) is 17.2 Å². The fourth-order valence-corrected chi connectivity index (χ4v) is 4.59. The van der Waals surface area contributed by atoms with Gasteiger partial charge in [0.25, 0.3) is 0 Å². The van der Waals surface area contributed by atoms with Crippen molar-refractivity contribution in [1.82, 2.24) is 9.97 Å². The number of ether oxygens (including phenoxy) is 1. The van der Waals surface area contributed by atoms with Gasteiger partial charge in [0.15, 0.2) is 5.13 Å². The molecule has 0 radical (unpaired) electrons. The van der Waals surface area contributed by atoms with Crippen molar-refractivity contribution < 1.29 is 21.9 Å². The maximum absolute atomic E-state index is 13.3. The number of anilines is 2. The zero-order valence-electron chi connectivity index (χ0n) is 15.0. The monoisotopic (exact) mass is 446 g/mol. The van der Waals surface area contributed by atoms with Crippen molar-refractivity contribution in [3.05, 3.63) is 34.3 Å². The number of thiazole rings is 2. The fraction of sp³-hybridized carbons (Fsp3) is 0.250. The van der Waals surface area contributed by atoms with Crippen LogP contribution in [0.2, 0.25) is 0 Å². The minimum absolute atomic E-state index is 0.00570. The van der Waals surface area contributed by atoms with Crippen LogP contribution in [-0.4, -0.2) is 24.5 Å². The summed E-state index contributed by atoms with van der Waals surface area (Å²) in [6, 6.07) is 3.34. The Bertz CT molecular complexity index is 1120. The Morgan fingerprint density at radius 2 is 1.96 bits per heavy atom. The molecule has 12 heteroatoms. The zero-order chi connectivity index (χ0) is 20.7. The van der Waals surface area contributed by atoms with Gasteiger partial charge in [0.1, 0.15) is 5.75 Å². The zero-order valence-corrected chi connectivity index (χ0v) is 17.4. The van der Waals surface area contributed by atoms with E-state index in [0.29, 0.717) is 17.7 Å². The molecule has 0 fully saturated rings. The molecule has 150 valence electrons. The summed E-state index contributed by atoms with van der Waals surface area (Å²) in [6.45, 7) is 4.34. The lowest BCUT2D eigenvalue weighted by Crippen LogP contribution is -2.20. The molecule has 1 aromatic carbocycles. The van der Waals surface area contributed by atoms with Gasteiger partial charge in [-0.25, -0.2) is 23.5 Å². The van der Waals surface area contributed by atoms with Gasteiger partial charge in [-0.3, -0.25) is 0 Å². The van der Waals surface area contributed by atoms with Crippen molar-refractivity contribution in [2.24, 2.45) is 5.14 Å². The number of aryl methyl sites for hydroxylation is 2. The third-order valence-corrected chi connectivity index (χ3v) is 6.21. The van der Waals surface area contributed by atoms with Crippen LogP contribution in [0.15, 0.2) is 28.5 Å². The number of hydrogen-bond donors (Lipinski definition) is 2. The summed E-state index contributed by atoms with van der Waals surface area (Å²) in [6.07, 6.45) is -3.45. The van der Waals surface area contributed by atoms with Crippen LogP contribution in [0, 0.1) is 13.8 Å². The number of alkyl halides is 2. The first-order valence-electron chi connectivity index (χ1n) is 7.83. The molecule has 2 heterocycles. The van der Waals surface area contributed by atoms with Gasteiger partial charge < -0.3 is 10.1 Å². The summed E-state index contributed by atoms with van der Waals surface area (Å²) in [4.78, 5) is 9.44. The second-order valence-corrected chi connectivity index (χ2v) is 9.55. The van der Waals surface area contributed by atoms with E-state index in [4.69, 9.17) is 5.14 Å². The number of nitrogens with zero attached hydrogens (tertiary/aromatic N) is 2. The van der Waals surface area contributed by atoms with Crippen molar-refractivity contribution in [3.8, 4) is 16.3 Å². The molecule has 0 spiro atoms. The molecule has 0 saturated carbocycles. The number of hydrogen-bond acceptors (Lipinski definition) is 8. The first-order chi connectivity index (χ1) is 12.9. The summed E-state index contributed by atoms with van der Waals surface area (Å²) in [7, 11) is -4.03. The smallest absolute Gasteiger partial charge is 0.394 e. The number of aromatic nitrogens is 2. The van der Waals surface area contributed by atoms with E-state index in [-0.39, 0.29) is 16.3 Å². The van der Waals surface area contributed by atoms with Gasteiger partial charge in [-0.1, -0.05) is 0 Å². The molecule has 0 bridgehead atoms. The lowest BCUT2D eigenvalue weighted by Gasteiger charge is -2.17. The predicted molar refractivity (Wildman–Crippen MR) is 105 cm³/mol. The number of sulfonamides is 1. The standard InChI is InChI=1S/C16H16F2N4O3S3/c1-8-14(27-9(2)20-8)12-7-26-15(22-12)21-11-6-10(28(19,23)24)4-5-13(11)25-16(3,17)18/h4-7H,1-3H3,(H,21,22)(H2,19,23,24). The third kappa shape index (κ3) is 4.82. The fourth-order valence-electron chi connectivity index (χ4n) is 2.39. The summed E-state index contributed by atoms with van der Waals surface area (Å²) in [5.41, 5.74) is 1.53. The number of nitrogens with two attached hydrogens (primary N) is 1. The molecule has 3 rings (SSSR count). The van der Waals surface area contributed by atoms with E-state index in [1.807, 2.05) is 13.8 Å². The van der Waals surface area contributed by atoms with E-state index in [0.717, 1.165) is 33.8 Å². The molecule has 2 aromatic heterocycles. The number of benzene rings is 1. The van der Waals surface area contributed by atoms with E-state index in [1.54, 1.807) is 5.38 Å². The van der Waals surface area contributed by atoms with Crippen LogP contribution in [0.1, 0.15) is 17.6 Å². The summed E-state index contributed by atoms with van der Waals surface area (Å²) < 4.78 is 54.5. The highest BCUT2D eigenvalue weighted by molar-refractivity contribution is 7.89. The Hall–Kier alpha value is -2.15. The van der Waals surface area contributed by atoms with E-state index in [1.165, 1.54) is 22.7 Å². The van der Waals surface area contributed by atoms with E-state index >= 15 is 0 Å². The molecule has 0 amide bonds.